The van der Waals surface area contributed by atoms with Gasteiger partial charge < -0.3 is 10.5 Å². The molecule has 1 aromatic heterocycles. The molecule has 0 fully saturated rings. The van der Waals surface area contributed by atoms with E-state index in [4.69, 9.17) is 22.1 Å². The van der Waals surface area contributed by atoms with E-state index in [2.05, 4.69) is 5.10 Å². The molecule has 4 nitrogen and oxygen atoms in total. The summed E-state index contributed by atoms with van der Waals surface area (Å²) in [6.07, 6.45) is 1.85. The smallest absolute Gasteiger partial charge is 0.124 e. The van der Waals surface area contributed by atoms with Crippen LogP contribution in [0.2, 0.25) is 5.02 Å². The molecule has 0 radical (unpaired) electrons. The molecule has 1 unspecified atom stereocenters. The van der Waals surface area contributed by atoms with Crippen molar-refractivity contribution in [3.8, 4) is 5.75 Å². The minimum Gasteiger partial charge on any atom is -0.496 e. The molecule has 2 aromatic rings. The fourth-order valence-corrected chi connectivity index (χ4v) is 1.89. The predicted octanol–water partition coefficient (Wildman–Crippen LogP) is 2.13. The van der Waals surface area contributed by atoms with E-state index in [1.54, 1.807) is 30.0 Å². The van der Waals surface area contributed by atoms with Crippen molar-refractivity contribution in [2.24, 2.45) is 12.8 Å². The quantitative estimate of drug-likeness (QED) is 0.909. The molecule has 1 heterocycles. The Morgan fingerprint density at radius 3 is 2.76 bits per heavy atom. The fourth-order valence-electron chi connectivity index (χ4n) is 1.71. The molecule has 0 saturated heterocycles. The number of methoxy groups -OCH3 is 1. The summed E-state index contributed by atoms with van der Waals surface area (Å²) in [6, 6.07) is 6.92. The van der Waals surface area contributed by atoms with Crippen LogP contribution < -0.4 is 10.5 Å². The Balaban J connectivity index is 2.42. The predicted molar refractivity (Wildman–Crippen MR) is 67.2 cm³/mol. The Morgan fingerprint density at radius 1 is 1.41 bits per heavy atom. The maximum Gasteiger partial charge on any atom is 0.124 e. The molecular weight excluding hydrogens is 238 g/mol. The summed E-state index contributed by atoms with van der Waals surface area (Å²) in [5, 5.41) is 4.92. The van der Waals surface area contributed by atoms with E-state index < -0.39 is 0 Å². The molecule has 0 aliphatic heterocycles. The highest BCUT2D eigenvalue weighted by Crippen LogP contribution is 2.29. The number of hydrogen-bond acceptors (Lipinski definition) is 3. The molecule has 1 aromatic carbocycles. The number of nitrogens with zero attached hydrogens (tertiary/aromatic N) is 2. The van der Waals surface area contributed by atoms with Crippen molar-refractivity contribution in [3.05, 3.63) is 46.7 Å². The van der Waals surface area contributed by atoms with Gasteiger partial charge in [-0.15, -0.1) is 0 Å². The SMILES string of the molecule is COc1ccc(Cl)cc1C(N)c1ccn(C)n1. The minimum atomic E-state index is -0.343. The summed E-state index contributed by atoms with van der Waals surface area (Å²) in [5.74, 6) is 0.715. The first-order valence-corrected chi connectivity index (χ1v) is 5.58. The van der Waals surface area contributed by atoms with Crippen LogP contribution >= 0.6 is 11.6 Å². The monoisotopic (exact) mass is 251 g/mol. The van der Waals surface area contributed by atoms with E-state index in [0.717, 1.165) is 11.3 Å². The topological polar surface area (TPSA) is 53.1 Å². The van der Waals surface area contributed by atoms with Gasteiger partial charge in [-0.1, -0.05) is 11.6 Å². The van der Waals surface area contributed by atoms with Crippen LogP contribution in [0.5, 0.6) is 5.75 Å². The second-order valence-corrected chi connectivity index (χ2v) is 4.21. The van der Waals surface area contributed by atoms with Gasteiger partial charge in [-0.3, -0.25) is 4.68 Å². The van der Waals surface area contributed by atoms with Crippen LogP contribution in [0.25, 0.3) is 0 Å². The lowest BCUT2D eigenvalue weighted by atomic mass is 10.0. The number of nitrogens with two attached hydrogens (primary N) is 1. The third-order valence-electron chi connectivity index (χ3n) is 2.58. The van der Waals surface area contributed by atoms with Crippen molar-refractivity contribution in [1.82, 2.24) is 9.78 Å². The van der Waals surface area contributed by atoms with E-state index >= 15 is 0 Å². The highest BCUT2D eigenvalue weighted by Gasteiger charge is 2.16. The van der Waals surface area contributed by atoms with Crippen molar-refractivity contribution >= 4 is 11.6 Å². The number of benzene rings is 1. The molecule has 0 spiro atoms. The van der Waals surface area contributed by atoms with E-state index in [-0.39, 0.29) is 6.04 Å². The first-order chi connectivity index (χ1) is 8.11. The Bertz CT molecular complexity index is 524. The Kier molecular flexibility index (Phi) is 3.36. The molecule has 2 rings (SSSR count). The summed E-state index contributed by atoms with van der Waals surface area (Å²) in [4.78, 5) is 0. The lowest BCUT2D eigenvalue weighted by Gasteiger charge is -2.14. The van der Waals surface area contributed by atoms with Crippen molar-refractivity contribution in [2.75, 3.05) is 7.11 Å². The Labute approximate surface area is 105 Å². The molecule has 0 aliphatic rings. The molecule has 0 saturated carbocycles. The van der Waals surface area contributed by atoms with Crippen LogP contribution in [0.4, 0.5) is 0 Å². The van der Waals surface area contributed by atoms with Crippen LogP contribution in [0.3, 0.4) is 0 Å². The van der Waals surface area contributed by atoms with Gasteiger partial charge in [0.15, 0.2) is 0 Å². The molecule has 17 heavy (non-hydrogen) atoms. The first-order valence-electron chi connectivity index (χ1n) is 5.20. The standard InChI is InChI=1S/C12H14ClN3O/c1-16-6-5-10(15-16)12(14)9-7-8(13)3-4-11(9)17-2/h3-7,12H,14H2,1-2H3. The van der Waals surface area contributed by atoms with Crippen LogP contribution in [-0.4, -0.2) is 16.9 Å². The van der Waals surface area contributed by atoms with Crippen molar-refractivity contribution < 1.29 is 4.74 Å². The largest absolute Gasteiger partial charge is 0.496 e. The number of aromatic nitrogens is 2. The van der Waals surface area contributed by atoms with Gasteiger partial charge in [0.25, 0.3) is 0 Å². The van der Waals surface area contributed by atoms with Crippen molar-refractivity contribution in [1.29, 1.82) is 0 Å². The molecule has 0 amide bonds. The van der Waals surface area contributed by atoms with Gasteiger partial charge in [0.2, 0.25) is 0 Å². The molecular formula is C12H14ClN3O. The zero-order valence-corrected chi connectivity index (χ0v) is 10.5. The number of ether oxygens (including phenoxy) is 1. The zero-order chi connectivity index (χ0) is 12.4. The number of hydrogen-bond donors (Lipinski definition) is 1. The first kappa shape index (κ1) is 12.0. The average molecular weight is 252 g/mol. The van der Waals surface area contributed by atoms with Crippen molar-refractivity contribution in [3.63, 3.8) is 0 Å². The van der Waals surface area contributed by atoms with Gasteiger partial charge in [-0.05, 0) is 24.3 Å². The Morgan fingerprint density at radius 2 is 2.18 bits per heavy atom. The van der Waals surface area contributed by atoms with Gasteiger partial charge in [-0.25, -0.2) is 0 Å². The summed E-state index contributed by atoms with van der Waals surface area (Å²) in [7, 11) is 3.46. The minimum absolute atomic E-state index is 0.343. The number of aryl methyl sites for hydroxylation is 1. The van der Waals surface area contributed by atoms with Gasteiger partial charge in [-0.2, -0.15) is 5.10 Å². The highest BCUT2D eigenvalue weighted by atomic mass is 35.5. The highest BCUT2D eigenvalue weighted by molar-refractivity contribution is 6.30. The van der Waals surface area contributed by atoms with E-state index in [9.17, 15) is 0 Å². The lowest BCUT2D eigenvalue weighted by molar-refractivity contribution is 0.407. The van der Waals surface area contributed by atoms with Gasteiger partial charge in [0.05, 0.1) is 18.8 Å². The number of rotatable bonds is 3. The molecule has 5 heteroatoms. The molecule has 1 atom stereocenters. The summed E-state index contributed by atoms with van der Waals surface area (Å²) in [6.45, 7) is 0. The van der Waals surface area contributed by atoms with Gasteiger partial charge >= 0.3 is 0 Å². The molecule has 90 valence electrons. The molecule has 0 aliphatic carbocycles. The zero-order valence-electron chi connectivity index (χ0n) is 9.72. The maximum atomic E-state index is 6.16. The summed E-state index contributed by atoms with van der Waals surface area (Å²) >= 11 is 5.97. The van der Waals surface area contributed by atoms with Crippen molar-refractivity contribution in [2.45, 2.75) is 6.04 Å². The third-order valence-corrected chi connectivity index (χ3v) is 2.81. The van der Waals surface area contributed by atoms with E-state index in [0.29, 0.717) is 10.8 Å². The van der Waals surface area contributed by atoms with Gasteiger partial charge in [0.1, 0.15) is 5.75 Å². The fraction of sp³-hybridized carbons (Fsp3) is 0.250. The summed E-state index contributed by atoms with van der Waals surface area (Å²) in [5.41, 5.74) is 7.78. The second kappa shape index (κ2) is 4.77. The summed E-state index contributed by atoms with van der Waals surface area (Å²) < 4.78 is 6.99. The molecule has 0 bridgehead atoms. The lowest BCUT2D eigenvalue weighted by Crippen LogP contribution is -2.14. The van der Waals surface area contributed by atoms with Crippen LogP contribution in [0.15, 0.2) is 30.5 Å². The van der Waals surface area contributed by atoms with E-state index in [1.165, 1.54) is 0 Å². The average Bonchev–Trinajstić information content (AvgIpc) is 2.75. The Hall–Kier alpha value is -1.52. The number of halogens is 1. The van der Waals surface area contributed by atoms with Crippen LogP contribution in [-0.2, 0) is 7.05 Å². The second-order valence-electron chi connectivity index (χ2n) is 3.78. The van der Waals surface area contributed by atoms with E-state index in [1.807, 2.05) is 19.3 Å². The van der Waals surface area contributed by atoms with Crippen LogP contribution in [0, 0.1) is 0 Å². The van der Waals surface area contributed by atoms with Gasteiger partial charge in [0, 0.05) is 23.8 Å². The van der Waals surface area contributed by atoms with Crippen LogP contribution in [0.1, 0.15) is 17.3 Å². The molecule has 2 N–H and O–H groups in total. The maximum absolute atomic E-state index is 6.16. The normalized spacial score (nSPS) is 12.5. The third kappa shape index (κ3) is 2.43.